The van der Waals surface area contributed by atoms with Gasteiger partial charge in [-0.15, -0.1) is 11.3 Å². The third-order valence-electron chi connectivity index (χ3n) is 5.83. The van der Waals surface area contributed by atoms with Crippen LogP contribution >= 0.6 is 11.3 Å². The topological polar surface area (TPSA) is 50.1 Å². The number of thiazole rings is 1. The standard InChI is InChI=1S/C24H23FN4O2S/c1-31-19-8-6-17(7-9-19)21-15-29-18(16-32-24(29)26-21)14-23(30)28-12-10-27(11-13-28)22-5-3-2-4-20(22)25/h2-9,15-16H,10-14H2,1H3. The van der Waals surface area contributed by atoms with Crippen molar-refractivity contribution in [1.29, 1.82) is 0 Å². The van der Waals surface area contributed by atoms with Crippen molar-refractivity contribution in [2.45, 2.75) is 6.42 Å². The number of amides is 1. The van der Waals surface area contributed by atoms with E-state index in [2.05, 4.69) is 0 Å². The summed E-state index contributed by atoms with van der Waals surface area (Å²) in [5, 5.41) is 1.99. The van der Waals surface area contributed by atoms with Crippen LogP contribution in [0.5, 0.6) is 5.75 Å². The number of methoxy groups -OCH3 is 1. The van der Waals surface area contributed by atoms with Crippen LogP contribution in [-0.2, 0) is 11.2 Å². The second-order valence-electron chi connectivity index (χ2n) is 7.73. The van der Waals surface area contributed by atoms with Crippen molar-refractivity contribution in [2.75, 3.05) is 38.2 Å². The van der Waals surface area contributed by atoms with Gasteiger partial charge < -0.3 is 14.5 Å². The van der Waals surface area contributed by atoms with Gasteiger partial charge in [0.25, 0.3) is 0 Å². The molecule has 0 bridgehead atoms. The second kappa shape index (κ2) is 8.63. The molecule has 8 heteroatoms. The van der Waals surface area contributed by atoms with Crippen molar-refractivity contribution in [3.8, 4) is 17.0 Å². The van der Waals surface area contributed by atoms with Crippen LogP contribution in [0.1, 0.15) is 5.69 Å². The number of piperazine rings is 1. The van der Waals surface area contributed by atoms with Gasteiger partial charge in [-0.1, -0.05) is 12.1 Å². The number of hydrogen-bond donors (Lipinski definition) is 0. The van der Waals surface area contributed by atoms with Gasteiger partial charge in [0.2, 0.25) is 5.91 Å². The minimum atomic E-state index is -0.222. The highest BCUT2D eigenvalue weighted by atomic mass is 32.1. The average molecular weight is 451 g/mol. The van der Waals surface area contributed by atoms with Crippen LogP contribution in [0.2, 0.25) is 0 Å². The SMILES string of the molecule is COc1ccc(-c2cn3c(CC(=O)N4CCN(c5ccccc5F)CC4)csc3n2)cc1. The first-order chi connectivity index (χ1) is 15.6. The molecule has 1 saturated heterocycles. The maximum absolute atomic E-state index is 14.1. The first-order valence-electron chi connectivity index (χ1n) is 10.5. The predicted molar refractivity (Wildman–Crippen MR) is 124 cm³/mol. The lowest BCUT2D eigenvalue weighted by atomic mass is 10.1. The van der Waals surface area contributed by atoms with E-state index in [9.17, 15) is 9.18 Å². The Morgan fingerprint density at radius 1 is 1.09 bits per heavy atom. The Morgan fingerprint density at radius 2 is 1.84 bits per heavy atom. The predicted octanol–water partition coefficient (Wildman–Crippen LogP) is 4.10. The molecular weight excluding hydrogens is 427 g/mol. The molecule has 0 atom stereocenters. The molecular formula is C24H23FN4O2S. The molecule has 1 aliphatic rings. The van der Waals surface area contributed by atoms with Crippen molar-refractivity contribution >= 4 is 27.9 Å². The van der Waals surface area contributed by atoms with Crippen LogP contribution in [0.3, 0.4) is 0 Å². The van der Waals surface area contributed by atoms with Gasteiger partial charge in [-0.05, 0) is 36.4 Å². The Morgan fingerprint density at radius 3 is 2.56 bits per heavy atom. The van der Waals surface area contributed by atoms with Crippen LogP contribution < -0.4 is 9.64 Å². The molecule has 0 spiro atoms. The molecule has 5 rings (SSSR count). The highest BCUT2D eigenvalue weighted by molar-refractivity contribution is 7.15. The van der Waals surface area contributed by atoms with Gasteiger partial charge in [0.05, 0.1) is 24.9 Å². The van der Waals surface area contributed by atoms with Crippen molar-refractivity contribution < 1.29 is 13.9 Å². The van der Waals surface area contributed by atoms with Gasteiger partial charge >= 0.3 is 0 Å². The molecule has 2 aromatic heterocycles. The number of rotatable bonds is 5. The molecule has 4 aromatic rings. The highest BCUT2D eigenvalue weighted by Crippen LogP contribution is 2.26. The molecule has 32 heavy (non-hydrogen) atoms. The monoisotopic (exact) mass is 450 g/mol. The van der Waals surface area contributed by atoms with Crippen molar-refractivity contribution in [1.82, 2.24) is 14.3 Å². The number of nitrogens with zero attached hydrogens (tertiary/aromatic N) is 4. The Labute approximate surface area is 189 Å². The summed E-state index contributed by atoms with van der Waals surface area (Å²) < 4.78 is 21.3. The highest BCUT2D eigenvalue weighted by Gasteiger charge is 2.23. The van der Waals surface area contributed by atoms with E-state index < -0.39 is 0 Å². The van der Waals surface area contributed by atoms with E-state index in [1.807, 2.05) is 56.1 Å². The molecule has 0 aliphatic carbocycles. The number of ether oxygens (including phenoxy) is 1. The van der Waals surface area contributed by atoms with Gasteiger partial charge in [-0.3, -0.25) is 9.20 Å². The smallest absolute Gasteiger partial charge is 0.228 e. The number of para-hydroxylation sites is 1. The van der Waals surface area contributed by atoms with Gasteiger partial charge in [0.15, 0.2) is 4.96 Å². The molecule has 0 N–H and O–H groups in total. The first kappa shape index (κ1) is 20.5. The number of imidazole rings is 1. The Kier molecular flexibility index (Phi) is 5.53. The number of anilines is 1. The lowest BCUT2D eigenvalue weighted by molar-refractivity contribution is -0.130. The van der Waals surface area contributed by atoms with Crippen LogP contribution in [0.4, 0.5) is 10.1 Å². The van der Waals surface area contributed by atoms with Gasteiger partial charge in [0.1, 0.15) is 11.6 Å². The minimum absolute atomic E-state index is 0.0811. The van der Waals surface area contributed by atoms with Crippen LogP contribution in [0.25, 0.3) is 16.2 Å². The quantitative estimate of drug-likeness (QED) is 0.459. The second-order valence-corrected chi connectivity index (χ2v) is 8.57. The van der Waals surface area contributed by atoms with E-state index in [0.717, 1.165) is 27.7 Å². The number of hydrogen-bond acceptors (Lipinski definition) is 5. The third-order valence-corrected chi connectivity index (χ3v) is 6.72. The molecule has 164 valence electrons. The zero-order valence-electron chi connectivity index (χ0n) is 17.7. The molecule has 2 aromatic carbocycles. The van der Waals surface area contributed by atoms with Crippen LogP contribution in [-0.4, -0.2) is 53.5 Å². The fourth-order valence-electron chi connectivity index (χ4n) is 4.03. The first-order valence-corrected chi connectivity index (χ1v) is 11.4. The van der Waals surface area contributed by atoms with Crippen molar-refractivity contribution in [3.05, 3.63) is 71.6 Å². The van der Waals surface area contributed by atoms with E-state index in [4.69, 9.17) is 9.72 Å². The Hall–Kier alpha value is -3.39. The van der Waals surface area contributed by atoms with Crippen molar-refractivity contribution in [3.63, 3.8) is 0 Å². The molecule has 0 unspecified atom stereocenters. The normalized spacial score (nSPS) is 14.2. The number of carbonyl (C=O) groups excluding carboxylic acids is 1. The fraction of sp³-hybridized carbons (Fsp3) is 0.250. The van der Waals surface area contributed by atoms with Crippen LogP contribution in [0, 0.1) is 5.82 Å². The molecule has 1 fully saturated rings. The maximum atomic E-state index is 14.1. The lowest BCUT2D eigenvalue weighted by Crippen LogP contribution is -2.49. The minimum Gasteiger partial charge on any atom is -0.497 e. The van der Waals surface area contributed by atoms with E-state index in [0.29, 0.717) is 38.3 Å². The lowest BCUT2D eigenvalue weighted by Gasteiger charge is -2.36. The summed E-state index contributed by atoms with van der Waals surface area (Å²) in [6, 6.07) is 14.6. The summed E-state index contributed by atoms with van der Waals surface area (Å²) in [6.45, 7) is 2.42. The molecule has 6 nitrogen and oxygen atoms in total. The van der Waals surface area contributed by atoms with Gasteiger partial charge in [0, 0.05) is 49.0 Å². The maximum Gasteiger partial charge on any atom is 0.228 e. The molecule has 1 aliphatic heterocycles. The van der Waals surface area contributed by atoms with Gasteiger partial charge in [-0.2, -0.15) is 0 Å². The Bertz CT molecular complexity index is 1240. The fourth-order valence-corrected chi connectivity index (χ4v) is 4.90. The molecule has 1 amide bonds. The third kappa shape index (κ3) is 3.93. The number of fused-ring (bicyclic) bond motifs is 1. The molecule has 0 radical (unpaired) electrons. The number of aromatic nitrogens is 2. The molecule has 3 heterocycles. The average Bonchev–Trinajstić information content (AvgIpc) is 3.41. The summed E-state index contributed by atoms with van der Waals surface area (Å²) in [5.41, 5.74) is 3.40. The summed E-state index contributed by atoms with van der Waals surface area (Å²) in [7, 11) is 1.64. The zero-order chi connectivity index (χ0) is 22.1. The number of benzene rings is 2. The Balaban J connectivity index is 1.26. The number of carbonyl (C=O) groups is 1. The van der Waals surface area contributed by atoms with E-state index in [1.54, 1.807) is 19.2 Å². The van der Waals surface area contributed by atoms with E-state index >= 15 is 0 Å². The van der Waals surface area contributed by atoms with Crippen LogP contribution in [0.15, 0.2) is 60.1 Å². The molecule has 0 saturated carbocycles. The van der Waals surface area contributed by atoms with Gasteiger partial charge in [-0.25, -0.2) is 9.37 Å². The van der Waals surface area contributed by atoms with Crippen molar-refractivity contribution in [2.24, 2.45) is 0 Å². The zero-order valence-corrected chi connectivity index (χ0v) is 18.5. The largest absolute Gasteiger partial charge is 0.497 e. The number of halogens is 1. The summed E-state index contributed by atoms with van der Waals surface area (Å²) >= 11 is 1.53. The van der Waals surface area contributed by atoms with E-state index in [1.165, 1.54) is 17.4 Å². The summed E-state index contributed by atoms with van der Waals surface area (Å²) in [6.07, 6.45) is 2.30. The van der Waals surface area contributed by atoms with E-state index in [-0.39, 0.29) is 11.7 Å². The summed E-state index contributed by atoms with van der Waals surface area (Å²) in [4.78, 5) is 22.4. The summed E-state index contributed by atoms with van der Waals surface area (Å²) in [5.74, 6) is 0.662.